The lowest BCUT2D eigenvalue weighted by atomic mass is 9.99. The summed E-state index contributed by atoms with van der Waals surface area (Å²) >= 11 is 0. The van der Waals surface area contributed by atoms with Gasteiger partial charge in [-0.1, -0.05) is 84.0 Å². The van der Waals surface area contributed by atoms with Gasteiger partial charge in [0.05, 0.1) is 11.5 Å². The number of aromatic hydroxyl groups is 1. The molecule has 5 heteroatoms. The Morgan fingerprint density at radius 3 is 1.59 bits per heavy atom. The molecule has 0 aromatic heterocycles. The number of carbonyl (C=O) groups excluding carboxylic acids is 2. The number of hydrogen-bond acceptors (Lipinski definition) is 5. The van der Waals surface area contributed by atoms with Crippen molar-refractivity contribution in [2.24, 2.45) is 5.92 Å². The molecule has 0 aliphatic heterocycles. The Balaban J connectivity index is 0.000000330. The van der Waals surface area contributed by atoms with Crippen LogP contribution >= 0.6 is 0 Å². The smallest absolute Gasteiger partial charge is 0.343 e. The van der Waals surface area contributed by atoms with Crippen LogP contribution in [0.25, 0.3) is 0 Å². The average Bonchev–Trinajstić information content (AvgIpc) is 2.97. The maximum absolute atomic E-state index is 11.9. The van der Waals surface area contributed by atoms with Crippen molar-refractivity contribution in [3.05, 3.63) is 95.6 Å². The van der Waals surface area contributed by atoms with Crippen LogP contribution in [-0.2, 0) is 9.53 Å². The second-order valence-corrected chi connectivity index (χ2v) is 11.4. The van der Waals surface area contributed by atoms with Gasteiger partial charge < -0.3 is 14.6 Å². The van der Waals surface area contributed by atoms with Crippen molar-refractivity contribution in [1.82, 2.24) is 0 Å². The summed E-state index contributed by atoms with van der Waals surface area (Å²) in [4.78, 5) is 23.0. The van der Waals surface area contributed by atoms with Gasteiger partial charge in [-0.3, -0.25) is 4.79 Å². The van der Waals surface area contributed by atoms with Gasteiger partial charge in [-0.2, -0.15) is 0 Å². The van der Waals surface area contributed by atoms with Crippen LogP contribution in [0.4, 0.5) is 0 Å². The van der Waals surface area contributed by atoms with Crippen LogP contribution < -0.4 is 4.74 Å². The average molecular weight is 563 g/mol. The molecule has 0 radical (unpaired) electrons. The van der Waals surface area contributed by atoms with E-state index in [1.807, 2.05) is 89.2 Å². The summed E-state index contributed by atoms with van der Waals surface area (Å²) in [5.41, 5.74) is 2.78. The van der Waals surface area contributed by atoms with E-state index in [1.165, 1.54) is 11.1 Å². The highest BCUT2D eigenvalue weighted by atomic mass is 16.6. The molecule has 224 valence electrons. The minimum atomic E-state index is -0.347. The lowest BCUT2D eigenvalue weighted by molar-refractivity contribution is -0.159. The normalized spacial score (nSPS) is 12.8. The molecule has 0 fully saturated rings. The molecule has 1 N–H and O–H groups in total. The fourth-order valence-electron chi connectivity index (χ4n) is 3.45. The summed E-state index contributed by atoms with van der Waals surface area (Å²) < 4.78 is 10.5. The van der Waals surface area contributed by atoms with Crippen LogP contribution in [0.5, 0.6) is 11.5 Å². The van der Waals surface area contributed by atoms with E-state index in [-0.39, 0.29) is 23.5 Å². The zero-order valence-corrected chi connectivity index (χ0v) is 26.4. The molecule has 0 aliphatic rings. The zero-order valence-electron chi connectivity index (χ0n) is 26.4. The topological polar surface area (TPSA) is 72.8 Å². The Morgan fingerprint density at radius 1 is 0.707 bits per heavy atom. The number of ether oxygens (including phenoxy) is 2. The van der Waals surface area contributed by atoms with Crippen LogP contribution in [0.15, 0.2) is 78.9 Å². The van der Waals surface area contributed by atoms with Crippen molar-refractivity contribution in [2.45, 2.75) is 99.0 Å². The quantitative estimate of drug-likeness (QED) is 0.218. The predicted molar refractivity (Wildman–Crippen MR) is 169 cm³/mol. The molecular formula is C36H50O5. The molecular weight excluding hydrogens is 512 g/mol. The fourth-order valence-corrected chi connectivity index (χ4v) is 3.45. The third-order valence-electron chi connectivity index (χ3n) is 6.78. The number of carbonyl (C=O) groups is 2. The van der Waals surface area contributed by atoms with E-state index in [0.717, 1.165) is 19.3 Å². The van der Waals surface area contributed by atoms with E-state index in [9.17, 15) is 9.59 Å². The molecule has 3 unspecified atom stereocenters. The maximum atomic E-state index is 11.9. The number of hydrogen-bond donors (Lipinski definition) is 1. The molecule has 0 bridgehead atoms. The number of benzene rings is 3. The van der Waals surface area contributed by atoms with Gasteiger partial charge in [-0.05, 0) is 99.4 Å². The number of esters is 2. The first kappa shape index (κ1) is 35.4. The Morgan fingerprint density at radius 2 is 1.17 bits per heavy atom. The van der Waals surface area contributed by atoms with Crippen molar-refractivity contribution in [3.63, 3.8) is 0 Å². The summed E-state index contributed by atoms with van der Waals surface area (Å²) in [6, 6.07) is 24.2. The van der Waals surface area contributed by atoms with Gasteiger partial charge in [0.15, 0.2) is 0 Å². The van der Waals surface area contributed by atoms with Gasteiger partial charge in [0.25, 0.3) is 0 Å². The molecule has 3 atom stereocenters. The van der Waals surface area contributed by atoms with E-state index < -0.39 is 0 Å². The first-order valence-corrected chi connectivity index (χ1v) is 14.7. The number of rotatable bonds is 8. The lowest BCUT2D eigenvalue weighted by Gasteiger charge is -2.21. The Kier molecular flexibility index (Phi) is 15.5. The number of phenolic OH excluding ortho intramolecular Hbond substituents is 1. The van der Waals surface area contributed by atoms with Crippen LogP contribution in [0.3, 0.4) is 0 Å². The van der Waals surface area contributed by atoms with Crippen LogP contribution in [0.2, 0.25) is 0 Å². The lowest BCUT2D eigenvalue weighted by Crippen LogP contribution is -2.27. The van der Waals surface area contributed by atoms with Crippen molar-refractivity contribution in [3.8, 4) is 11.5 Å². The van der Waals surface area contributed by atoms with Gasteiger partial charge in [-0.25, -0.2) is 4.79 Å². The Bertz CT molecular complexity index is 1150. The molecule has 0 aliphatic carbocycles. The molecule has 0 spiro atoms. The van der Waals surface area contributed by atoms with Crippen molar-refractivity contribution in [2.75, 3.05) is 0 Å². The molecule has 0 saturated carbocycles. The second-order valence-electron chi connectivity index (χ2n) is 11.4. The largest absolute Gasteiger partial charge is 0.508 e. The maximum Gasteiger partial charge on any atom is 0.343 e. The van der Waals surface area contributed by atoms with E-state index in [4.69, 9.17) is 14.6 Å². The standard InChI is InChI=1S/C17H18O2.C10H14O.C9H18O2/c1-3-13(2)14-9-11-16(12-10-14)19-17(18)15-7-5-4-6-8-15;1-3-8(2)9-4-6-10(11)7-5-9;1-6-7(2)8(10)11-9(3,4)5/h4-13H,3H2,1-2H3;4-8,11H,3H2,1-2H3;7H,6H2,1-5H3. The third kappa shape index (κ3) is 14.0. The van der Waals surface area contributed by atoms with Crippen LogP contribution in [0.1, 0.15) is 115 Å². The Labute approximate surface area is 247 Å². The van der Waals surface area contributed by atoms with E-state index in [1.54, 1.807) is 24.3 Å². The van der Waals surface area contributed by atoms with Crippen molar-refractivity contribution in [1.29, 1.82) is 0 Å². The van der Waals surface area contributed by atoms with Gasteiger partial charge >= 0.3 is 11.9 Å². The molecule has 3 rings (SSSR count). The monoisotopic (exact) mass is 562 g/mol. The summed E-state index contributed by atoms with van der Waals surface area (Å²) in [5, 5.41) is 9.01. The van der Waals surface area contributed by atoms with Crippen molar-refractivity contribution >= 4 is 11.9 Å². The SMILES string of the molecule is CCC(C)C(=O)OC(C)(C)C.CCC(C)c1ccc(O)cc1.CCC(C)c1ccc(OC(=O)c2ccccc2)cc1. The molecule has 5 nitrogen and oxygen atoms in total. The van der Waals surface area contributed by atoms with Gasteiger partial charge in [-0.15, -0.1) is 0 Å². The molecule has 3 aromatic carbocycles. The van der Waals surface area contributed by atoms with Gasteiger partial charge in [0.2, 0.25) is 0 Å². The summed E-state index contributed by atoms with van der Waals surface area (Å²) in [7, 11) is 0. The molecule has 0 amide bonds. The highest BCUT2D eigenvalue weighted by Crippen LogP contribution is 2.22. The summed E-state index contributed by atoms with van der Waals surface area (Å²) in [6.07, 6.45) is 3.09. The highest BCUT2D eigenvalue weighted by molar-refractivity contribution is 5.90. The Hall–Kier alpha value is -3.60. The highest BCUT2D eigenvalue weighted by Gasteiger charge is 2.19. The molecule has 0 saturated heterocycles. The third-order valence-corrected chi connectivity index (χ3v) is 6.78. The summed E-state index contributed by atoms with van der Waals surface area (Å²) in [5.74, 6) is 1.65. The predicted octanol–water partition coefficient (Wildman–Crippen LogP) is 9.70. The zero-order chi connectivity index (χ0) is 31.0. The summed E-state index contributed by atoms with van der Waals surface area (Å²) in [6.45, 7) is 18.2. The molecule has 3 aromatic rings. The first-order valence-electron chi connectivity index (χ1n) is 14.7. The van der Waals surface area contributed by atoms with E-state index in [2.05, 4.69) is 27.7 Å². The van der Waals surface area contributed by atoms with Crippen LogP contribution in [-0.4, -0.2) is 22.6 Å². The molecule has 41 heavy (non-hydrogen) atoms. The second kappa shape index (κ2) is 18.0. The minimum absolute atomic E-state index is 0.0224. The van der Waals surface area contributed by atoms with E-state index in [0.29, 0.717) is 28.9 Å². The minimum Gasteiger partial charge on any atom is -0.508 e. The fraction of sp³-hybridized carbons (Fsp3) is 0.444. The van der Waals surface area contributed by atoms with Gasteiger partial charge in [0.1, 0.15) is 17.1 Å². The number of phenols is 1. The van der Waals surface area contributed by atoms with Crippen molar-refractivity contribution < 1.29 is 24.2 Å². The first-order chi connectivity index (χ1) is 19.3. The van der Waals surface area contributed by atoms with Crippen LogP contribution in [0, 0.1) is 5.92 Å². The van der Waals surface area contributed by atoms with E-state index >= 15 is 0 Å². The molecule has 0 heterocycles. The van der Waals surface area contributed by atoms with Gasteiger partial charge in [0, 0.05) is 0 Å².